The number of hydrogen-bond donors (Lipinski definition) is 1. The van der Waals surface area contributed by atoms with Crippen LogP contribution in [0, 0.1) is 11.3 Å². The van der Waals surface area contributed by atoms with E-state index < -0.39 is 0 Å². The first-order valence-electron chi connectivity index (χ1n) is 4.25. The Morgan fingerprint density at radius 3 is 2.33 bits per heavy atom. The van der Waals surface area contributed by atoms with E-state index in [0.29, 0.717) is 6.42 Å². The largest absolute Gasteiger partial charge is 0.411 e. The van der Waals surface area contributed by atoms with E-state index in [2.05, 4.69) is 39.4 Å². The zero-order valence-corrected chi connectivity index (χ0v) is 8.46. The van der Waals surface area contributed by atoms with Crippen molar-refractivity contribution in [1.29, 1.82) is 0 Å². The van der Waals surface area contributed by atoms with Crippen molar-refractivity contribution in [2.24, 2.45) is 16.5 Å². The summed E-state index contributed by atoms with van der Waals surface area (Å²) in [7, 11) is 0. The average molecular weight is 169 g/mol. The van der Waals surface area contributed by atoms with Crippen LogP contribution in [0.2, 0.25) is 0 Å². The first kappa shape index (κ1) is 11.2. The molecule has 0 aromatic heterocycles. The highest BCUT2D eigenvalue weighted by Gasteiger charge is 2.24. The third-order valence-corrected chi connectivity index (χ3v) is 2.28. The van der Waals surface area contributed by atoms with Crippen molar-refractivity contribution in [1.82, 2.24) is 0 Å². The van der Waals surface area contributed by atoms with Gasteiger partial charge in [-0.3, -0.25) is 0 Å². The molecule has 0 aromatic rings. The first-order valence-corrected chi connectivity index (χ1v) is 4.25. The zero-order valence-electron chi connectivity index (χ0n) is 8.46. The lowest BCUT2D eigenvalue weighted by Gasteiger charge is -2.27. The fourth-order valence-electron chi connectivity index (χ4n) is 0.952. The molecule has 12 heavy (non-hydrogen) atoms. The molecule has 0 spiro atoms. The molecule has 0 saturated heterocycles. The third-order valence-electron chi connectivity index (χ3n) is 2.28. The van der Waals surface area contributed by atoms with Gasteiger partial charge in [0, 0.05) is 12.3 Å². The molecule has 0 rings (SSSR count). The Morgan fingerprint density at radius 2 is 2.08 bits per heavy atom. The van der Waals surface area contributed by atoms with Crippen molar-refractivity contribution in [2.75, 3.05) is 0 Å². The van der Waals surface area contributed by atoms with Crippen molar-refractivity contribution >= 4 is 5.71 Å². The smallest absolute Gasteiger partial charge is 0.0641 e. The van der Waals surface area contributed by atoms with E-state index in [-0.39, 0.29) is 11.3 Å². The maximum Gasteiger partial charge on any atom is 0.0641 e. The van der Waals surface area contributed by atoms with Crippen LogP contribution in [0.15, 0.2) is 17.8 Å². The second kappa shape index (κ2) is 4.29. The van der Waals surface area contributed by atoms with Crippen molar-refractivity contribution in [3.05, 3.63) is 12.7 Å². The van der Waals surface area contributed by atoms with E-state index in [0.717, 1.165) is 5.71 Å². The van der Waals surface area contributed by atoms with Gasteiger partial charge < -0.3 is 5.21 Å². The molecule has 0 aliphatic heterocycles. The van der Waals surface area contributed by atoms with E-state index >= 15 is 0 Å². The fraction of sp³-hybridized carbons (Fsp3) is 0.700. The third kappa shape index (κ3) is 3.07. The number of nitrogens with zero attached hydrogens (tertiary/aromatic N) is 1. The summed E-state index contributed by atoms with van der Waals surface area (Å²) >= 11 is 0. The molecule has 70 valence electrons. The van der Waals surface area contributed by atoms with Crippen LogP contribution in [-0.4, -0.2) is 10.9 Å². The standard InChI is InChI=1S/C10H19NO/c1-6-7-9(11-12)8(2)10(3,4)5/h6,8,12H,1,7H2,2-5H3. The van der Waals surface area contributed by atoms with Crippen molar-refractivity contribution in [3.8, 4) is 0 Å². The van der Waals surface area contributed by atoms with Gasteiger partial charge in [0.2, 0.25) is 0 Å². The van der Waals surface area contributed by atoms with Gasteiger partial charge in [-0.05, 0) is 5.41 Å². The lowest BCUT2D eigenvalue weighted by Crippen LogP contribution is -2.25. The Balaban J connectivity index is 4.43. The summed E-state index contributed by atoms with van der Waals surface area (Å²) < 4.78 is 0. The van der Waals surface area contributed by atoms with Crippen LogP contribution in [0.5, 0.6) is 0 Å². The minimum atomic E-state index is 0.143. The maximum absolute atomic E-state index is 8.73. The molecule has 0 aromatic carbocycles. The molecule has 0 fully saturated rings. The SMILES string of the molecule is C=CCC(=NO)C(C)C(C)(C)C. The first-order chi connectivity index (χ1) is 5.43. The highest BCUT2D eigenvalue weighted by Crippen LogP contribution is 2.27. The van der Waals surface area contributed by atoms with Crippen LogP contribution < -0.4 is 0 Å². The molecule has 0 bridgehead atoms. The van der Waals surface area contributed by atoms with E-state index in [9.17, 15) is 0 Å². The molecule has 2 heteroatoms. The summed E-state index contributed by atoms with van der Waals surface area (Å²) in [5, 5.41) is 12.0. The van der Waals surface area contributed by atoms with Gasteiger partial charge in [0.1, 0.15) is 0 Å². The highest BCUT2D eigenvalue weighted by atomic mass is 16.4. The van der Waals surface area contributed by atoms with Gasteiger partial charge in [-0.1, -0.05) is 38.9 Å². The van der Waals surface area contributed by atoms with Gasteiger partial charge >= 0.3 is 0 Å². The van der Waals surface area contributed by atoms with Gasteiger partial charge in [-0.25, -0.2) is 0 Å². The molecule has 0 aliphatic rings. The number of oxime groups is 1. The van der Waals surface area contributed by atoms with Gasteiger partial charge in [-0.2, -0.15) is 0 Å². The molecule has 0 saturated carbocycles. The van der Waals surface area contributed by atoms with E-state index in [1.165, 1.54) is 0 Å². The van der Waals surface area contributed by atoms with Gasteiger partial charge in [0.15, 0.2) is 0 Å². The van der Waals surface area contributed by atoms with Crippen LogP contribution in [0.3, 0.4) is 0 Å². The van der Waals surface area contributed by atoms with Crippen LogP contribution in [0.1, 0.15) is 34.1 Å². The summed E-state index contributed by atoms with van der Waals surface area (Å²) in [6, 6.07) is 0. The quantitative estimate of drug-likeness (QED) is 0.299. The van der Waals surface area contributed by atoms with Crippen LogP contribution in [0.25, 0.3) is 0 Å². The molecule has 0 heterocycles. The topological polar surface area (TPSA) is 32.6 Å². The minimum Gasteiger partial charge on any atom is -0.411 e. The molecular formula is C10H19NO. The second-order valence-corrected chi connectivity index (χ2v) is 4.17. The average Bonchev–Trinajstić information content (AvgIpc) is 1.97. The molecule has 2 nitrogen and oxygen atoms in total. The molecule has 1 atom stereocenters. The van der Waals surface area contributed by atoms with Crippen molar-refractivity contribution < 1.29 is 5.21 Å². The summed E-state index contributed by atoms with van der Waals surface area (Å²) in [4.78, 5) is 0. The van der Waals surface area contributed by atoms with Gasteiger partial charge in [-0.15, -0.1) is 6.58 Å². The van der Waals surface area contributed by atoms with Crippen LogP contribution in [-0.2, 0) is 0 Å². The Hall–Kier alpha value is -0.790. The predicted octanol–water partition coefficient (Wildman–Crippen LogP) is 3.07. The number of rotatable bonds is 3. The Bertz CT molecular complexity index is 177. The van der Waals surface area contributed by atoms with E-state index in [1.54, 1.807) is 6.08 Å². The summed E-state index contributed by atoms with van der Waals surface area (Å²) in [6.45, 7) is 12.1. The maximum atomic E-state index is 8.73. The molecule has 0 amide bonds. The van der Waals surface area contributed by atoms with Crippen LogP contribution >= 0.6 is 0 Å². The van der Waals surface area contributed by atoms with E-state index in [4.69, 9.17) is 5.21 Å². The zero-order chi connectivity index (χ0) is 9.78. The molecule has 0 radical (unpaired) electrons. The molecule has 0 aliphatic carbocycles. The summed E-state index contributed by atoms with van der Waals surface area (Å²) in [5.74, 6) is 0.278. The van der Waals surface area contributed by atoms with Crippen molar-refractivity contribution in [3.63, 3.8) is 0 Å². The Kier molecular flexibility index (Phi) is 4.01. The van der Waals surface area contributed by atoms with Gasteiger partial charge in [0.05, 0.1) is 5.71 Å². The Morgan fingerprint density at radius 1 is 1.58 bits per heavy atom. The van der Waals surface area contributed by atoms with Crippen LogP contribution in [0.4, 0.5) is 0 Å². The Labute approximate surface area is 75.0 Å². The number of allylic oxidation sites excluding steroid dienone is 1. The monoisotopic (exact) mass is 169 g/mol. The van der Waals surface area contributed by atoms with E-state index in [1.807, 2.05) is 0 Å². The molecule has 1 N–H and O–H groups in total. The highest BCUT2D eigenvalue weighted by molar-refractivity contribution is 5.87. The minimum absolute atomic E-state index is 0.143. The molecular weight excluding hydrogens is 150 g/mol. The van der Waals surface area contributed by atoms with Gasteiger partial charge in [0.25, 0.3) is 0 Å². The summed E-state index contributed by atoms with van der Waals surface area (Å²) in [5.41, 5.74) is 0.947. The predicted molar refractivity (Wildman–Crippen MR) is 52.7 cm³/mol. The number of hydrogen-bond acceptors (Lipinski definition) is 2. The van der Waals surface area contributed by atoms with Crippen molar-refractivity contribution in [2.45, 2.75) is 34.1 Å². The lowest BCUT2D eigenvalue weighted by molar-refractivity contribution is 0.289. The summed E-state index contributed by atoms with van der Waals surface area (Å²) in [6.07, 6.45) is 2.42. The fourth-order valence-corrected chi connectivity index (χ4v) is 0.952. The molecule has 1 unspecified atom stereocenters. The normalized spacial score (nSPS) is 15.8. The second-order valence-electron chi connectivity index (χ2n) is 4.17. The lowest BCUT2D eigenvalue weighted by atomic mass is 9.78.